The number of halogens is 5. The zero-order valence-corrected chi connectivity index (χ0v) is 17.3. The quantitative estimate of drug-likeness (QED) is 0.402. The minimum absolute atomic E-state index is 0.0112. The molecule has 2 aromatic rings. The van der Waals surface area contributed by atoms with E-state index in [0.717, 1.165) is 0 Å². The number of alkyl halides is 4. The van der Waals surface area contributed by atoms with Gasteiger partial charge in [0.2, 0.25) is 0 Å². The molecule has 6 nitrogen and oxygen atoms in total. The lowest BCUT2D eigenvalue weighted by Gasteiger charge is -2.16. The van der Waals surface area contributed by atoms with Gasteiger partial charge >= 0.3 is 13.3 Å². The fourth-order valence-electron chi connectivity index (χ4n) is 2.49. The smallest absolute Gasteiger partial charge is 0.400 e. The van der Waals surface area contributed by atoms with Crippen molar-refractivity contribution in [2.45, 2.75) is 18.0 Å². The third-order valence-corrected chi connectivity index (χ3v) is 7.70. The Kier molecular flexibility index (Phi) is 5.33. The number of carbonyl (C=O) groups excluding carboxylic acids is 1. The summed E-state index contributed by atoms with van der Waals surface area (Å²) in [5, 5.41) is 2.39. The third-order valence-electron chi connectivity index (χ3n) is 4.22. The molecule has 0 spiro atoms. The third kappa shape index (κ3) is 3.68. The molecule has 1 atom stereocenters. The summed E-state index contributed by atoms with van der Waals surface area (Å²) in [6, 6.07) is 2.45. The molecule has 3 rings (SSSR count). The van der Waals surface area contributed by atoms with Gasteiger partial charge in [0.15, 0.2) is 0 Å². The van der Waals surface area contributed by atoms with E-state index >= 15 is 0 Å². The Morgan fingerprint density at radius 2 is 2.07 bits per heavy atom. The average molecular weight is 506 g/mol. The van der Waals surface area contributed by atoms with Crippen molar-refractivity contribution in [1.82, 2.24) is 5.32 Å². The number of benzene rings is 1. The molecule has 0 aliphatic heterocycles. The Hall–Kier alpha value is -1.20. The van der Waals surface area contributed by atoms with E-state index in [9.17, 15) is 26.9 Å². The predicted octanol–water partition coefficient (Wildman–Crippen LogP) is 4.28. The maximum absolute atomic E-state index is 14.2. The molecule has 1 heterocycles. The number of hydrogen-bond donors (Lipinski definition) is 3. The summed E-state index contributed by atoms with van der Waals surface area (Å²) in [6.45, 7) is -0.390. The van der Waals surface area contributed by atoms with Crippen LogP contribution in [0.5, 0.6) is 5.75 Å². The number of ether oxygens (including phenoxy) is 1. The number of rotatable bonds is 6. The zero-order chi connectivity index (χ0) is 21.1. The maximum Gasteiger partial charge on any atom is 0.400 e. The normalized spacial score (nSPS) is 18.9. The lowest BCUT2D eigenvalue weighted by atomic mass is 10.1. The van der Waals surface area contributed by atoms with Crippen LogP contribution in [0.3, 0.4) is 0 Å². The van der Waals surface area contributed by atoms with Crippen molar-refractivity contribution >= 4 is 50.9 Å². The molecule has 1 aliphatic rings. The first kappa shape index (κ1) is 21.5. The summed E-state index contributed by atoms with van der Waals surface area (Å²) in [5.41, 5.74) is -4.47. The number of thiophene rings is 1. The molecule has 13 heteroatoms. The van der Waals surface area contributed by atoms with E-state index in [1.165, 1.54) is 19.2 Å². The first-order valence-electron chi connectivity index (χ1n) is 7.72. The minimum Gasteiger partial charge on any atom is -0.492 e. The second-order valence-electron chi connectivity index (χ2n) is 6.23. The van der Waals surface area contributed by atoms with E-state index in [1.807, 2.05) is 0 Å². The maximum atomic E-state index is 14.2. The molecule has 0 saturated heterocycles. The van der Waals surface area contributed by atoms with Gasteiger partial charge in [0, 0.05) is 28.9 Å². The second-order valence-corrected chi connectivity index (χ2v) is 9.70. The van der Waals surface area contributed by atoms with Gasteiger partial charge in [-0.3, -0.25) is 9.36 Å². The number of hydrogen-bond acceptors (Lipinski definition) is 4. The topological polar surface area (TPSA) is 95.9 Å². The molecule has 0 radical (unpaired) electrons. The van der Waals surface area contributed by atoms with E-state index in [2.05, 4.69) is 21.2 Å². The Morgan fingerprint density at radius 3 is 2.57 bits per heavy atom. The molecule has 1 aromatic heterocycles. The standard InChI is InChI=1S/C15H13BrF4NO5PS/c1-21-13(22)6-2-8-10(16)12(15(19,20)27(23,24)25)28-11(8)9(3-6)26-5-7-4-14(7,17)18/h2-3,7H,4-5H2,1H3,(H,21,22)(H2,23,24,25). The van der Waals surface area contributed by atoms with Gasteiger partial charge in [0.1, 0.15) is 10.6 Å². The van der Waals surface area contributed by atoms with E-state index in [0.29, 0.717) is 11.3 Å². The molecule has 1 aromatic carbocycles. The van der Waals surface area contributed by atoms with Gasteiger partial charge in [0.25, 0.3) is 11.8 Å². The van der Waals surface area contributed by atoms with Crippen molar-refractivity contribution in [2.24, 2.45) is 5.92 Å². The fraction of sp³-hybridized carbons (Fsp3) is 0.400. The fourth-order valence-corrected chi connectivity index (χ4v) is 5.46. The molecule has 1 aliphatic carbocycles. The molecule has 1 fully saturated rings. The number of amides is 1. The highest BCUT2D eigenvalue weighted by Crippen LogP contribution is 2.63. The van der Waals surface area contributed by atoms with Crippen molar-refractivity contribution in [3.05, 3.63) is 27.0 Å². The van der Waals surface area contributed by atoms with E-state index in [1.54, 1.807) is 0 Å². The van der Waals surface area contributed by atoms with Gasteiger partial charge in [-0.1, -0.05) is 0 Å². The van der Waals surface area contributed by atoms with Crippen LogP contribution in [0.15, 0.2) is 16.6 Å². The Morgan fingerprint density at radius 1 is 1.46 bits per heavy atom. The summed E-state index contributed by atoms with van der Waals surface area (Å²) >= 11 is 3.26. The summed E-state index contributed by atoms with van der Waals surface area (Å²) in [4.78, 5) is 29.0. The van der Waals surface area contributed by atoms with Crippen LogP contribution in [0.25, 0.3) is 10.1 Å². The Labute approximate surface area is 168 Å². The minimum atomic E-state index is -5.84. The van der Waals surface area contributed by atoms with E-state index in [4.69, 9.17) is 14.5 Å². The van der Waals surface area contributed by atoms with Crippen molar-refractivity contribution in [2.75, 3.05) is 13.7 Å². The largest absolute Gasteiger partial charge is 0.492 e. The average Bonchev–Trinajstić information content (AvgIpc) is 3.06. The summed E-state index contributed by atoms with van der Waals surface area (Å²) in [6.07, 6.45) is -0.360. The van der Waals surface area contributed by atoms with E-state index < -0.39 is 35.9 Å². The predicted molar refractivity (Wildman–Crippen MR) is 97.4 cm³/mol. The van der Waals surface area contributed by atoms with Crippen LogP contribution in [-0.2, 0) is 10.2 Å². The number of nitrogens with one attached hydrogen (secondary N) is 1. The first-order chi connectivity index (χ1) is 12.8. The van der Waals surface area contributed by atoms with Gasteiger partial charge in [0.05, 0.1) is 17.2 Å². The molecule has 0 bridgehead atoms. The van der Waals surface area contributed by atoms with Crippen LogP contribution in [0, 0.1) is 5.92 Å². The molecule has 28 heavy (non-hydrogen) atoms. The summed E-state index contributed by atoms with van der Waals surface area (Å²) in [7, 11) is -4.49. The summed E-state index contributed by atoms with van der Waals surface area (Å²) in [5.74, 6) is -4.56. The van der Waals surface area contributed by atoms with Gasteiger partial charge in [-0.2, -0.15) is 8.78 Å². The van der Waals surface area contributed by atoms with Crippen LogP contribution in [0.4, 0.5) is 17.6 Å². The molecule has 1 unspecified atom stereocenters. The second kappa shape index (κ2) is 6.94. The summed E-state index contributed by atoms with van der Waals surface area (Å²) < 4.78 is 71.0. The Balaban J connectivity index is 2.13. The van der Waals surface area contributed by atoms with Gasteiger partial charge < -0.3 is 19.8 Å². The molecule has 3 N–H and O–H groups in total. The number of carbonyl (C=O) groups is 1. The highest BCUT2D eigenvalue weighted by Gasteiger charge is 2.57. The lowest BCUT2D eigenvalue weighted by molar-refractivity contribution is 0.0595. The van der Waals surface area contributed by atoms with Gasteiger partial charge in [-0.15, -0.1) is 11.3 Å². The van der Waals surface area contributed by atoms with Crippen molar-refractivity contribution in [3.63, 3.8) is 0 Å². The Bertz CT molecular complexity index is 1010. The monoisotopic (exact) mass is 505 g/mol. The highest BCUT2D eigenvalue weighted by atomic mass is 79.9. The highest BCUT2D eigenvalue weighted by molar-refractivity contribution is 9.10. The van der Waals surface area contributed by atoms with Crippen LogP contribution < -0.4 is 10.1 Å². The van der Waals surface area contributed by atoms with Crippen LogP contribution in [0.1, 0.15) is 21.7 Å². The zero-order valence-electron chi connectivity index (χ0n) is 14.0. The molecular weight excluding hydrogens is 493 g/mol. The molecule has 1 amide bonds. The van der Waals surface area contributed by atoms with Crippen molar-refractivity contribution in [3.8, 4) is 5.75 Å². The SMILES string of the molecule is CNC(=O)c1cc(OCC2CC2(F)F)c2sc(C(F)(F)P(=O)(O)O)c(Br)c2c1. The molecule has 1 saturated carbocycles. The van der Waals surface area contributed by atoms with Crippen LogP contribution in [-0.4, -0.2) is 35.3 Å². The van der Waals surface area contributed by atoms with Crippen LogP contribution in [0.2, 0.25) is 0 Å². The first-order valence-corrected chi connectivity index (χ1v) is 10.9. The molecular formula is C15H13BrF4NO5PS. The van der Waals surface area contributed by atoms with Crippen molar-refractivity contribution < 1.29 is 41.4 Å². The van der Waals surface area contributed by atoms with Crippen LogP contribution >= 0.6 is 34.9 Å². The van der Waals surface area contributed by atoms with Crippen molar-refractivity contribution in [1.29, 1.82) is 0 Å². The van der Waals surface area contributed by atoms with Gasteiger partial charge in [-0.25, -0.2) is 8.78 Å². The molecule has 154 valence electrons. The van der Waals surface area contributed by atoms with Gasteiger partial charge in [-0.05, 0) is 28.1 Å². The lowest BCUT2D eigenvalue weighted by Crippen LogP contribution is -2.17. The number of fused-ring (bicyclic) bond motifs is 1. The van der Waals surface area contributed by atoms with E-state index in [-0.39, 0.29) is 38.9 Å².